The Kier molecular flexibility index (Phi) is 13.1. The van der Waals surface area contributed by atoms with Crippen LogP contribution < -0.4 is 0 Å². The van der Waals surface area contributed by atoms with Crippen LogP contribution in [0.2, 0.25) is 0 Å². The zero-order valence-corrected chi connectivity index (χ0v) is 3.79. The summed E-state index contributed by atoms with van der Waals surface area (Å²) in [7, 11) is -4.61. The molecule has 0 saturated heterocycles. The van der Waals surface area contributed by atoms with E-state index in [0.717, 1.165) is 0 Å². The van der Waals surface area contributed by atoms with Crippen molar-refractivity contribution in [3.05, 3.63) is 0 Å². The van der Waals surface area contributed by atoms with Crippen molar-refractivity contribution in [2.24, 2.45) is 0 Å². The number of hydrogen-bond acceptors (Lipinski definition) is 4. The van der Waals surface area contributed by atoms with Gasteiger partial charge >= 0.3 is 60.4 Å². The third kappa shape index (κ3) is 89.5. The van der Waals surface area contributed by atoms with E-state index in [4.69, 9.17) is 19.2 Å². The van der Waals surface area contributed by atoms with E-state index in [1.54, 1.807) is 0 Å². The molecule has 0 amide bonds. The third-order valence-electron chi connectivity index (χ3n) is 0. The fourth-order valence-corrected chi connectivity index (χ4v) is 0. The molecule has 0 heterocycles. The quantitative estimate of drug-likeness (QED) is 0.266. The van der Waals surface area contributed by atoms with Crippen LogP contribution in [0, 0.1) is 0 Å². The fraction of sp³-hybridized carbons (Fsp3) is 0. The van der Waals surface area contributed by atoms with Crippen molar-refractivity contribution in [1.82, 2.24) is 0 Å². The van der Waals surface area contributed by atoms with Gasteiger partial charge < -0.3 is 24.7 Å². The first-order chi connectivity index (χ1) is 2.00. The Bertz CT molecular complexity index is 23.6. The Morgan fingerprint density at radius 3 is 0.857 bits per heavy atom. The summed E-state index contributed by atoms with van der Waals surface area (Å²) < 4.78 is 0. The van der Waals surface area contributed by atoms with Gasteiger partial charge in [-0.25, -0.2) is 0 Å². The summed E-state index contributed by atoms with van der Waals surface area (Å²) in [5.74, 6) is 0. The molecule has 0 aliphatic carbocycles. The number of hydrogen-bond donors (Lipinski definition) is 4. The standard InChI is InChI=1S/K.H4O4Si.H2O.H/c;1-5(2,3)4;;/h;1-4H;1H2;. The van der Waals surface area contributed by atoms with Gasteiger partial charge in [-0.2, -0.15) is 0 Å². The van der Waals surface area contributed by atoms with Crippen molar-refractivity contribution in [1.29, 1.82) is 0 Å². The van der Waals surface area contributed by atoms with Gasteiger partial charge in [-0.15, -0.1) is 0 Å². The van der Waals surface area contributed by atoms with Crippen LogP contribution in [0.15, 0.2) is 0 Å². The monoisotopic (exact) mass is 154 g/mol. The molecule has 0 fully saturated rings. The molecular weight excluding hydrogens is 147 g/mol. The second-order valence-corrected chi connectivity index (χ2v) is 1.80. The predicted octanol–water partition coefficient (Wildman–Crippen LogP) is -4.08. The first-order valence-electron chi connectivity index (χ1n) is 0.894. The maximum atomic E-state index is 7.33. The Morgan fingerprint density at radius 1 is 0.857 bits per heavy atom. The molecule has 5 nitrogen and oxygen atoms in total. The van der Waals surface area contributed by atoms with Gasteiger partial charge in [0.2, 0.25) is 0 Å². The van der Waals surface area contributed by atoms with Crippen LogP contribution in [-0.2, 0) is 0 Å². The molecule has 0 unspecified atom stereocenters. The van der Waals surface area contributed by atoms with Crippen molar-refractivity contribution in [3.8, 4) is 0 Å². The average molecular weight is 154 g/mol. The van der Waals surface area contributed by atoms with Crippen molar-refractivity contribution in [3.63, 3.8) is 0 Å². The molecule has 0 bridgehead atoms. The van der Waals surface area contributed by atoms with Crippen molar-refractivity contribution >= 4 is 60.4 Å². The van der Waals surface area contributed by atoms with Crippen LogP contribution in [0.25, 0.3) is 0 Å². The van der Waals surface area contributed by atoms with Gasteiger partial charge in [-0.05, 0) is 0 Å². The minimum atomic E-state index is -4.61. The molecule has 0 rings (SSSR count). The van der Waals surface area contributed by atoms with E-state index in [2.05, 4.69) is 0 Å². The van der Waals surface area contributed by atoms with Gasteiger partial charge in [0.25, 0.3) is 0 Å². The molecule has 0 aromatic carbocycles. The molecule has 0 aromatic rings. The van der Waals surface area contributed by atoms with Crippen LogP contribution in [0.4, 0.5) is 0 Å². The Morgan fingerprint density at radius 2 is 0.857 bits per heavy atom. The van der Waals surface area contributed by atoms with Crippen LogP contribution in [0.5, 0.6) is 0 Å². The summed E-state index contributed by atoms with van der Waals surface area (Å²) in [5.41, 5.74) is 0. The average Bonchev–Trinajstić information content (AvgIpc) is 0.722. The molecule has 0 aromatic heterocycles. The summed E-state index contributed by atoms with van der Waals surface area (Å²) >= 11 is 0. The van der Waals surface area contributed by atoms with Gasteiger partial charge in [0.1, 0.15) is 0 Å². The zero-order valence-electron chi connectivity index (χ0n) is 2.79. The molecule has 0 spiro atoms. The first-order valence-corrected chi connectivity index (χ1v) is 2.68. The normalized spacial score (nSPS) is 8.57. The number of rotatable bonds is 0. The molecule has 0 saturated carbocycles. The zero-order chi connectivity index (χ0) is 4.50. The molecule has 0 aliphatic rings. The third-order valence-corrected chi connectivity index (χ3v) is 0. The van der Waals surface area contributed by atoms with Gasteiger partial charge in [0, 0.05) is 0 Å². The van der Waals surface area contributed by atoms with Crippen molar-refractivity contribution in [2.75, 3.05) is 0 Å². The SMILES string of the molecule is O.O[Si](O)(O)O.[KH]. The van der Waals surface area contributed by atoms with Crippen LogP contribution in [-0.4, -0.2) is 85.1 Å². The van der Waals surface area contributed by atoms with E-state index < -0.39 is 9.05 Å². The summed E-state index contributed by atoms with van der Waals surface area (Å²) in [6.45, 7) is 0. The van der Waals surface area contributed by atoms with Crippen LogP contribution >= 0.6 is 0 Å². The molecular formula is H7KO5Si. The van der Waals surface area contributed by atoms with E-state index >= 15 is 0 Å². The Hall–Kier alpha value is 1.65. The summed E-state index contributed by atoms with van der Waals surface area (Å²) in [6, 6.07) is 0. The van der Waals surface area contributed by atoms with E-state index in [1.165, 1.54) is 0 Å². The summed E-state index contributed by atoms with van der Waals surface area (Å²) in [5, 5.41) is 0. The van der Waals surface area contributed by atoms with Gasteiger partial charge in [0.05, 0.1) is 0 Å². The fourth-order valence-electron chi connectivity index (χ4n) is 0. The van der Waals surface area contributed by atoms with Crippen LogP contribution in [0.1, 0.15) is 0 Å². The van der Waals surface area contributed by atoms with Gasteiger partial charge in [0.15, 0.2) is 0 Å². The predicted molar refractivity (Wildman–Crippen MR) is 25.4 cm³/mol. The van der Waals surface area contributed by atoms with Crippen LogP contribution in [0.3, 0.4) is 0 Å². The molecule has 0 atom stereocenters. The minimum absolute atomic E-state index is 0. The Labute approximate surface area is 83.8 Å². The molecule has 42 valence electrons. The molecule has 0 aliphatic heterocycles. The van der Waals surface area contributed by atoms with Gasteiger partial charge in [-0.1, -0.05) is 0 Å². The second-order valence-electron chi connectivity index (χ2n) is 0.600. The first kappa shape index (κ1) is 15.9. The Balaban J connectivity index is -0.0000000800. The summed E-state index contributed by atoms with van der Waals surface area (Å²) in [4.78, 5) is 29.3. The van der Waals surface area contributed by atoms with E-state index in [9.17, 15) is 0 Å². The second kappa shape index (κ2) is 5.78. The molecule has 6 N–H and O–H groups in total. The topological polar surface area (TPSA) is 112 Å². The van der Waals surface area contributed by atoms with Gasteiger partial charge in [-0.3, -0.25) is 0 Å². The molecule has 7 heavy (non-hydrogen) atoms. The van der Waals surface area contributed by atoms with E-state index in [0.29, 0.717) is 0 Å². The maximum absolute atomic E-state index is 7.33. The van der Waals surface area contributed by atoms with E-state index in [-0.39, 0.29) is 56.9 Å². The molecule has 7 heteroatoms. The van der Waals surface area contributed by atoms with Crippen molar-refractivity contribution < 1.29 is 24.7 Å². The molecule has 0 radical (unpaired) electrons. The van der Waals surface area contributed by atoms with Crippen molar-refractivity contribution in [2.45, 2.75) is 0 Å². The summed E-state index contributed by atoms with van der Waals surface area (Å²) in [6.07, 6.45) is 0. The van der Waals surface area contributed by atoms with E-state index in [1.807, 2.05) is 0 Å².